The van der Waals surface area contributed by atoms with Crippen LogP contribution in [0.3, 0.4) is 0 Å². The maximum absolute atomic E-state index is 7.75. The van der Waals surface area contributed by atoms with Gasteiger partial charge in [0.05, 0.1) is 5.70 Å². The number of nitrogens with two attached hydrogens (primary N) is 2. The summed E-state index contributed by atoms with van der Waals surface area (Å²) in [7, 11) is 1.82. The lowest BCUT2D eigenvalue weighted by Gasteiger charge is -2.22. The second-order valence-corrected chi connectivity index (χ2v) is 7.27. The average Bonchev–Trinajstić information content (AvgIpc) is 2.84. The molecule has 0 fully saturated rings. The Bertz CT molecular complexity index is 942. The van der Waals surface area contributed by atoms with Gasteiger partial charge in [0.1, 0.15) is 11.9 Å². The molecule has 3 rings (SSSR count). The standard InChI is InChI=1S/C23H29N5O/c1-15-4-7-19(8-5-15)29-22-10-11-28(26)23(16(2)25)20-9-6-17(12-21(20)22)18(13-24)14-27-3/h4-9,12-14,22,24,27H,10-11,25-26H2,1-3H3/b18-14+,23-16-,24-13?. The van der Waals surface area contributed by atoms with Crippen molar-refractivity contribution in [2.24, 2.45) is 11.6 Å². The first-order valence-electron chi connectivity index (χ1n) is 9.69. The Balaban J connectivity index is 2.12. The Morgan fingerprint density at radius 3 is 2.59 bits per heavy atom. The molecule has 6 heteroatoms. The molecule has 152 valence electrons. The van der Waals surface area contributed by atoms with Crippen molar-refractivity contribution in [1.29, 1.82) is 5.41 Å². The van der Waals surface area contributed by atoms with Crippen molar-refractivity contribution in [1.82, 2.24) is 10.3 Å². The van der Waals surface area contributed by atoms with Gasteiger partial charge in [0.15, 0.2) is 0 Å². The maximum Gasteiger partial charge on any atom is 0.126 e. The fourth-order valence-corrected chi connectivity index (χ4v) is 3.61. The Labute approximate surface area is 172 Å². The maximum atomic E-state index is 7.75. The number of hydrogen-bond donors (Lipinski definition) is 4. The third-order valence-corrected chi connectivity index (χ3v) is 5.03. The zero-order valence-corrected chi connectivity index (χ0v) is 17.2. The highest BCUT2D eigenvalue weighted by molar-refractivity contribution is 6.08. The molecule has 1 heterocycles. The van der Waals surface area contributed by atoms with E-state index in [2.05, 4.69) is 18.3 Å². The highest BCUT2D eigenvalue weighted by atomic mass is 16.5. The van der Waals surface area contributed by atoms with Crippen molar-refractivity contribution in [3.05, 3.63) is 76.6 Å². The van der Waals surface area contributed by atoms with Crippen molar-refractivity contribution in [3.63, 3.8) is 0 Å². The number of fused-ring (bicyclic) bond motifs is 1. The lowest BCUT2D eigenvalue weighted by Crippen LogP contribution is -2.31. The second kappa shape index (κ2) is 8.84. The fraction of sp³-hybridized carbons (Fsp3) is 0.261. The van der Waals surface area contributed by atoms with Gasteiger partial charge in [0, 0.05) is 54.8 Å². The number of rotatable bonds is 5. The molecule has 0 aliphatic carbocycles. The highest BCUT2D eigenvalue weighted by Crippen LogP contribution is 2.37. The van der Waals surface area contributed by atoms with Gasteiger partial charge in [0.2, 0.25) is 0 Å². The lowest BCUT2D eigenvalue weighted by atomic mass is 9.94. The number of hydrogen-bond acceptors (Lipinski definition) is 6. The first kappa shape index (κ1) is 20.5. The van der Waals surface area contributed by atoms with Crippen LogP contribution < -0.4 is 21.6 Å². The van der Waals surface area contributed by atoms with E-state index in [-0.39, 0.29) is 6.10 Å². The van der Waals surface area contributed by atoms with Crippen molar-refractivity contribution in [3.8, 4) is 5.75 Å². The van der Waals surface area contributed by atoms with E-state index in [1.165, 1.54) is 11.8 Å². The molecule has 0 saturated heterocycles. The van der Waals surface area contributed by atoms with E-state index in [1.807, 2.05) is 50.4 Å². The molecule has 0 aromatic heterocycles. The highest BCUT2D eigenvalue weighted by Gasteiger charge is 2.27. The molecule has 0 saturated carbocycles. The van der Waals surface area contributed by atoms with Gasteiger partial charge in [-0.3, -0.25) is 0 Å². The van der Waals surface area contributed by atoms with Crippen LogP contribution in [0.15, 0.2) is 54.4 Å². The monoisotopic (exact) mass is 391 g/mol. The molecule has 1 atom stereocenters. The quantitative estimate of drug-likeness (QED) is 0.461. The predicted octanol–water partition coefficient (Wildman–Crippen LogP) is 3.55. The molecule has 1 unspecified atom stereocenters. The van der Waals surface area contributed by atoms with Crippen molar-refractivity contribution < 1.29 is 4.74 Å². The lowest BCUT2D eigenvalue weighted by molar-refractivity contribution is 0.185. The second-order valence-electron chi connectivity index (χ2n) is 7.27. The molecule has 6 nitrogen and oxygen atoms in total. The minimum absolute atomic E-state index is 0.183. The topological polar surface area (TPSA) is 100 Å². The van der Waals surface area contributed by atoms with Gasteiger partial charge in [0.25, 0.3) is 0 Å². The van der Waals surface area contributed by atoms with E-state index in [4.69, 9.17) is 21.7 Å². The minimum Gasteiger partial charge on any atom is -0.486 e. The first-order valence-corrected chi connectivity index (χ1v) is 9.69. The number of hydrazine groups is 1. The van der Waals surface area contributed by atoms with E-state index in [0.717, 1.165) is 33.7 Å². The molecular formula is C23H29N5O. The molecular weight excluding hydrogens is 362 g/mol. The van der Waals surface area contributed by atoms with Gasteiger partial charge in [-0.15, -0.1) is 0 Å². The molecule has 2 aromatic carbocycles. The molecule has 0 radical (unpaired) electrons. The zero-order chi connectivity index (χ0) is 21.0. The molecule has 2 aromatic rings. The van der Waals surface area contributed by atoms with Crippen LogP contribution in [0.5, 0.6) is 5.75 Å². The summed E-state index contributed by atoms with van der Waals surface area (Å²) in [5.41, 5.74) is 12.5. The molecule has 29 heavy (non-hydrogen) atoms. The summed E-state index contributed by atoms with van der Waals surface area (Å²) in [5.74, 6) is 7.14. The number of ether oxygens (including phenoxy) is 1. The van der Waals surface area contributed by atoms with Gasteiger partial charge in [-0.25, -0.2) is 5.84 Å². The molecule has 0 spiro atoms. The van der Waals surface area contributed by atoms with E-state index < -0.39 is 0 Å². The number of allylic oxidation sites excluding steroid dienone is 2. The van der Waals surface area contributed by atoms with Crippen LogP contribution in [0.25, 0.3) is 11.3 Å². The molecule has 0 amide bonds. The largest absolute Gasteiger partial charge is 0.486 e. The summed E-state index contributed by atoms with van der Waals surface area (Å²) in [4.78, 5) is 0. The van der Waals surface area contributed by atoms with E-state index >= 15 is 0 Å². The van der Waals surface area contributed by atoms with Crippen LogP contribution in [0, 0.1) is 12.3 Å². The van der Waals surface area contributed by atoms with E-state index in [0.29, 0.717) is 18.7 Å². The van der Waals surface area contributed by atoms with E-state index in [1.54, 1.807) is 11.2 Å². The van der Waals surface area contributed by atoms with Gasteiger partial charge < -0.3 is 26.2 Å². The SMILES string of the molecule is CN/C=C(\C=N)c1ccc2c(c1)C(Oc1ccc(C)cc1)CCN(N)/C2=C(/C)N. The molecule has 6 N–H and O–H groups in total. The molecule has 1 aliphatic heterocycles. The third-order valence-electron chi connectivity index (χ3n) is 5.03. The van der Waals surface area contributed by atoms with Crippen LogP contribution in [-0.4, -0.2) is 24.8 Å². The van der Waals surface area contributed by atoms with Gasteiger partial charge in [-0.1, -0.05) is 29.8 Å². The third kappa shape index (κ3) is 4.43. The molecule has 1 aliphatic rings. The first-order chi connectivity index (χ1) is 13.9. The van der Waals surface area contributed by atoms with Gasteiger partial charge in [-0.2, -0.15) is 0 Å². The normalized spacial score (nSPS) is 18.6. The summed E-state index contributed by atoms with van der Waals surface area (Å²) >= 11 is 0. The smallest absolute Gasteiger partial charge is 0.126 e. The summed E-state index contributed by atoms with van der Waals surface area (Å²) < 4.78 is 6.38. The van der Waals surface area contributed by atoms with Crippen LogP contribution in [0.2, 0.25) is 0 Å². The van der Waals surface area contributed by atoms with Gasteiger partial charge in [-0.05, 0) is 37.6 Å². The van der Waals surface area contributed by atoms with Crippen LogP contribution in [0.1, 0.15) is 41.7 Å². The predicted molar refractivity (Wildman–Crippen MR) is 119 cm³/mol. The van der Waals surface area contributed by atoms with Crippen molar-refractivity contribution in [2.45, 2.75) is 26.4 Å². The summed E-state index contributed by atoms with van der Waals surface area (Å²) in [6, 6.07) is 14.1. The fourth-order valence-electron chi connectivity index (χ4n) is 3.61. The van der Waals surface area contributed by atoms with Crippen LogP contribution in [-0.2, 0) is 0 Å². The summed E-state index contributed by atoms with van der Waals surface area (Å²) in [6.45, 7) is 4.53. The van der Waals surface area contributed by atoms with Gasteiger partial charge >= 0.3 is 0 Å². The average molecular weight is 392 g/mol. The summed E-state index contributed by atoms with van der Waals surface area (Å²) in [6.07, 6.45) is 3.68. The Morgan fingerprint density at radius 1 is 1.24 bits per heavy atom. The Hall–Kier alpha value is -3.25. The minimum atomic E-state index is -0.183. The van der Waals surface area contributed by atoms with Crippen LogP contribution in [0.4, 0.5) is 0 Å². The molecule has 0 bridgehead atoms. The number of nitrogens with one attached hydrogen (secondary N) is 2. The summed E-state index contributed by atoms with van der Waals surface area (Å²) in [5, 5.41) is 12.5. The number of benzene rings is 2. The zero-order valence-electron chi connectivity index (χ0n) is 17.2. The Kier molecular flexibility index (Phi) is 6.24. The number of aryl methyl sites for hydroxylation is 1. The van der Waals surface area contributed by atoms with Crippen LogP contribution >= 0.6 is 0 Å². The van der Waals surface area contributed by atoms with Crippen molar-refractivity contribution in [2.75, 3.05) is 13.6 Å². The van der Waals surface area contributed by atoms with E-state index in [9.17, 15) is 0 Å². The Morgan fingerprint density at radius 2 is 1.97 bits per heavy atom. The van der Waals surface area contributed by atoms with Crippen molar-refractivity contribution >= 4 is 17.5 Å². The number of nitrogens with zero attached hydrogens (tertiary/aromatic N) is 1.